The highest BCUT2D eigenvalue weighted by Crippen LogP contribution is 2.51. The number of thioether (sulfide) groups is 1. The first kappa shape index (κ1) is 34.4. The first-order valence-electron chi connectivity index (χ1n) is 17.6. The fourth-order valence-corrected chi connectivity index (χ4v) is 9.64. The highest BCUT2D eigenvalue weighted by Gasteiger charge is 2.43. The monoisotopic (exact) mass is 710 g/mol. The molecule has 0 amide bonds. The maximum Gasteiger partial charge on any atom is 0.192 e. The Bertz CT molecular complexity index is 2010. The highest BCUT2D eigenvalue weighted by molar-refractivity contribution is 7.98. The molecule has 8 rings (SSSR count). The summed E-state index contributed by atoms with van der Waals surface area (Å²) in [4.78, 5) is 37.7. The van der Waals surface area contributed by atoms with Crippen LogP contribution in [0.4, 0.5) is 0 Å². The number of ketones is 2. The molecule has 10 nitrogen and oxygen atoms in total. The van der Waals surface area contributed by atoms with Gasteiger partial charge in [-0.2, -0.15) is 10.5 Å². The standard InChI is InChI=1S/C19H21N3O3S.C19H21N3OS/c1-26(24,25)17-10-14-13(12-21-17)9-16(23)15(11-20)18(14)22-7-5-19(6-8-22)3-2-4-19;1-24-17-10-14-13(12-21-17)9-16(23)15(11-20)18(14)22-7-5-19(6-8-22)3-2-4-19/h10,12H,2-9H2,1H3;10,12H,2-9H2,1H3. The second-order valence-electron chi connectivity index (χ2n) is 14.9. The Labute approximate surface area is 298 Å². The molecule has 0 bridgehead atoms. The van der Waals surface area contributed by atoms with Gasteiger partial charge in [0.05, 0.1) is 16.4 Å². The van der Waals surface area contributed by atoms with Crippen LogP contribution in [0.1, 0.15) is 86.5 Å². The van der Waals surface area contributed by atoms with E-state index in [4.69, 9.17) is 0 Å². The molecular formula is C38H42N6O4S2. The molecule has 0 aromatic carbocycles. The Morgan fingerprint density at radius 3 is 1.54 bits per heavy atom. The molecule has 260 valence electrons. The number of carbonyl (C=O) groups excluding carboxylic acids is 2. The van der Waals surface area contributed by atoms with Crippen LogP contribution in [0, 0.1) is 33.5 Å². The molecule has 0 atom stereocenters. The van der Waals surface area contributed by atoms with E-state index in [-0.39, 0.29) is 28.6 Å². The third-order valence-corrected chi connectivity index (χ3v) is 13.7. The summed E-state index contributed by atoms with van der Waals surface area (Å²) >= 11 is 1.59. The number of rotatable bonds is 4. The molecule has 6 aliphatic rings. The van der Waals surface area contributed by atoms with Crippen LogP contribution in [0.5, 0.6) is 0 Å². The van der Waals surface area contributed by atoms with Gasteiger partial charge in [-0.1, -0.05) is 12.8 Å². The highest BCUT2D eigenvalue weighted by atomic mass is 32.2. The number of nitrogens with zero attached hydrogens (tertiary/aromatic N) is 6. The van der Waals surface area contributed by atoms with Crippen molar-refractivity contribution < 1.29 is 18.0 Å². The number of piperidine rings is 2. The minimum atomic E-state index is -3.46. The minimum Gasteiger partial charge on any atom is -0.370 e. The summed E-state index contributed by atoms with van der Waals surface area (Å²) in [5.41, 5.74) is 6.29. The van der Waals surface area contributed by atoms with Gasteiger partial charge in [0, 0.05) is 68.8 Å². The van der Waals surface area contributed by atoms with Crippen molar-refractivity contribution in [1.82, 2.24) is 19.8 Å². The fourth-order valence-electron chi connectivity index (χ4n) is 8.67. The van der Waals surface area contributed by atoms with E-state index in [1.807, 2.05) is 18.5 Å². The predicted octanol–water partition coefficient (Wildman–Crippen LogP) is 5.54. The number of sulfone groups is 1. The summed E-state index contributed by atoms with van der Waals surface area (Å²) in [6.45, 7) is 3.49. The van der Waals surface area contributed by atoms with Crippen LogP contribution in [0.2, 0.25) is 0 Å². The van der Waals surface area contributed by atoms with Gasteiger partial charge in [-0.3, -0.25) is 9.59 Å². The number of allylic oxidation sites excluding steroid dienone is 2. The van der Waals surface area contributed by atoms with Crippen LogP contribution in [0.15, 0.2) is 45.7 Å². The average Bonchev–Trinajstić information content (AvgIpc) is 3.08. The first-order valence-corrected chi connectivity index (χ1v) is 20.7. The van der Waals surface area contributed by atoms with Gasteiger partial charge in [0.1, 0.15) is 23.3 Å². The van der Waals surface area contributed by atoms with E-state index >= 15 is 0 Å². The molecule has 2 saturated carbocycles. The molecule has 12 heteroatoms. The first-order chi connectivity index (χ1) is 24.0. The van der Waals surface area contributed by atoms with E-state index in [0.29, 0.717) is 39.6 Å². The van der Waals surface area contributed by atoms with E-state index in [0.717, 1.165) is 67.1 Å². The number of nitriles is 2. The Morgan fingerprint density at radius 1 is 0.720 bits per heavy atom. The van der Waals surface area contributed by atoms with Crippen molar-refractivity contribution in [2.24, 2.45) is 10.8 Å². The van der Waals surface area contributed by atoms with Crippen LogP contribution >= 0.6 is 11.8 Å². The van der Waals surface area contributed by atoms with Crippen LogP contribution in [0.3, 0.4) is 0 Å². The topological polar surface area (TPSA) is 148 Å². The smallest absolute Gasteiger partial charge is 0.192 e. The number of carbonyl (C=O) groups is 2. The molecule has 2 aromatic heterocycles. The molecule has 50 heavy (non-hydrogen) atoms. The zero-order valence-electron chi connectivity index (χ0n) is 28.8. The van der Waals surface area contributed by atoms with Gasteiger partial charge >= 0.3 is 0 Å². The van der Waals surface area contributed by atoms with E-state index in [1.165, 1.54) is 63.6 Å². The molecule has 2 saturated heterocycles. The fraction of sp³-hybridized carbons (Fsp3) is 0.526. The van der Waals surface area contributed by atoms with E-state index in [1.54, 1.807) is 11.8 Å². The van der Waals surface area contributed by atoms with Gasteiger partial charge in [-0.15, -0.1) is 11.8 Å². The molecule has 4 fully saturated rings. The SMILES string of the molecule is CS(=O)(=O)c1cc2c(cn1)CC(=O)C(C#N)=C2N1CCC2(CCC2)CC1.CSc1cc2c(cn1)CC(=O)C(C#N)=C2N1CCC2(CCC2)CC1. The Hall–Kier alpha value is -4.00. The number of hydrogen-bond acceptors (Lipinski definition) is 11. The van der Waals surface area contributed by atoms with Crippen molar-refractivity contribution >= 4 is 44.6 Å². The lowest BCUT2D eigenvalue weighted by Gasteiger charge is -2.49. The third-order valence-electron chi connectivity index (χ3n) is 12.1. The van der Waals surface area contributed by atoms with Crippen molar-refractivity contribution in [1.29, 1.82) is 10.5 Å². The van der Waals surface area contributed by atoms with Crippen LogP contribution in [-0.4, -0.2) is 78.4 Å². The van der Waals surface area contributed by atoms with Gasteiger partial charge in [0.2, 0.25) is 0 Å². The average molecular weight is 711 g/mol. The zero-order chi connectivity index (χ0) is 35.3. The van der Waals surface area contributed by atoms with Gasteiger partial charge in [-0.05, 0) is 91.7 Å². The third kappa shape index (κ3) is 6.26. The zero-order valence-corrected chi connectivity index (χ0v) is 30.4. The second-order valence-corrected chi connectivity index (χ2v) is 17.7. The Kier molecular flexibility index (Phi) is 9.15. The second kappa shape index (κ2) is 13.3. The van der Waals surface area contributed by atoms with E-state index < -0.39 is 9.84 Å². The van der Waals surface area contributed by atoms with Gasteiger partial charge in [-0.25, -0.2) is 18.4 Å². The molecule has 0 radical (unpaired) electrons. The summed E-state index contributed by atoms with van der Waals surface area (Å²) in [6.07, 6.45) is 19.1. The lowest BCUT2D eigenvalue weighted by Crippen LogP contribution is -2.43. The van der Waals surface area contributed by atoms with Crippen LogP contribution in [0.25, 0.3) is 11.4 Å². The van der Waals surface area contributed by atoms with Crippen LogP contribution < -0.4 is 0 Å². The summed E-state index contributed by atoms with van der Waals surface area (Å²) in [7, 11) is -3.46. The van der Waals surface area contributed by atoms with E-state index in [2.05, 4.69) is 31.9 Å². The Balaban J connectivity index is 0.000000157. The van der Waals surface area contributed by atoms with Gasteiger partial charge in [0.25, 0.3) is 0 Å². The summed E-state index contributed by atoms with van der Waals surface area (Å²) in [5, 5.41) is 20.1. The normalized spacial score (nSPS) is 22.1. The minimum absolute atomic E-state index is 0.0205. The summed E-state index contributed by atoms with van der Waals surface area (Å²) in [5.74, 6) is -0.282. The predicted molar refractivity (Wildman–Crippen MR) is 190 cm³/mol. The number of fused-ring (bicyclic) bond motifs is 2. The number of Topliss-reactive ketones (excluding diaryl/α,β-unsaturated/α-hetero) is 2. The van der Waals surface area contributed by atoms with Crippen molar-refractivity contribution in [2.45, 2.75) is 87.1 Å². The van der Waals surface area contributed by atoms with Gasteiger partial charge in [0.15, 0.2) is 26.4 Å². The number of pyridine rings is 2. The number of aromatic nitrogens is 2. The molecular weight excluding hydrogens is 669 g/mol. The number of likely N-dealkylation sites (tertiary alicyclic amines) is 2. The van der Waals surface area contributed by atoms with Crippen molar-refractivity contribution in [3.63, 3.8) is 0 Å². The number of hydrogen-bond donors (Lipinski definition) is 0. The van der Waals surface area contributed by atoms with Crippen LogP contribution in [-0.2, 0) is 32.3 Å². The molecule has 2 spiro atoms. The molecule has 2 aromatic rings. The van der Waals surface area contributed by atoms with E-state index in [9.17, 15) is 28.5 Å². The summed E-state index contributed by atoms with van der Waals surface area (Å²) < 4.78 is 23.8. The summed E-state index contributed by atoms with van der Waals surface area (Å²) in [6, 6.07) is 7.83. The molecule has 2 aliphatic heterocycles. The van der Waals surface area contributed by atoms with Gasteiger partial charge < -0.3 is 9.80 Å². The lowest BCUT2D eigenvalue weighted by atomic mass is 9.63. The molecule has 0 N–H and O–H groups in total. The quantitative estimate of drug-likeness (QED) is 0.369. The van der Waals surface area contributed by atoms with Crippen molar-refractivity contribution in [3.05, 3.63) is 57.9 Å². The largest absolute Gasteiger partial charge is 0.370 e. The maximum atomic E-state index is 12.5. The molecule has 4 heterocycles. The molecule has 0 unspecified atom stereocenters. The maximum absolute atomic E-state index is 12.5. The lowest BCUT2D eigenvalue weighted by molar-refractivity contribution is -0.115. The molecule has 4 aliphatic carbocycles. The van der Waals surface area contributed by atoms with Crippen molar-refractivity contribution in [2.75, 3.05) is 38.7 Å². The van der Waals surface area contributed by atoms with Crippen molar-refractivity contribution in [3.8, 4) is 12.1 Å². The Morgan fingerprint density at radius 2 is 1.16 bits per heavy atom.